The van der Waals surface area contributed by atoms with Crippen LogP contribution in [0.25, 0.3) is 0 Å². The molecule has 0 saturated carbocycles. The first kappa shape index (κ1) is 18.8. The van der Waals surface area contributed by atoms with Crippen molar-refractivity contribution in [1.82, 2.24) is 0 Å². The number of anilines is 2. The Balaban J connectivity index is 1.68. The molecule has 28 heavy (non-hydrogen) atoms. The van der Waals surface area contributed by atoms with Crippen LogP contribution < -0.4 is 9.80 Å². The second kappa shape index (κ2) is 8.22. The van der Waals surface area contributed by atoms with Crippen LogP contribution in [0.3, 0.4) is 0 Å². The number of nitro benzene ring substituents is 1. The molecule has 2 aliphatic heterocycles. The van der Waals surface area contributed by atoms with Gasteiger partial charge in [0.25, 0.3) is 11.6 Å². The van der Waals surface area contributed by atoms with Gasteiger partial charge in [-0.3, -0.25) is 14.9 Å². The fourth-order valence-electron chi connectivity index (χ4n) is 3.90. The summed E-state index contributed by atoms with van der Waals surface area (Å²) >= 11 is 1.75. The third-order valence-corrected chi connectivity index (χ3v) is 6.45. The molecule has 2 aliphatic rings. The summed E-state index contributed by atoms with van der Waals surface area (Å²) in [6.45, 7) is 2.26. The van der Waals surface area contributed by atoms with E-state index >= 15 is 0 Å². The van der Waals surface area contributed by atoms with Crippen LogP contribution in [0, 0.1) is 10.1 Å². The number of thioether (sulfide) groups is 1. The number of amides is 1. The van der Waals surface area contributed by atoms with Gasteiger partial charge in [-0.1, -0.05) is 12.1 Å². The number of carbonyl (C=O) groups is 1. The minimum absolute atomic E-state index is 0.0187. The smallest absolute Gasteiger partial charge is 0.293 e. The molecule has 6 nitrogen and oxygen atoms in total. The second-order valence-corrected chi connectivity index (χ2v) is 8.27. The topological polar surface area (TPSA) is 66.7 Å². The number of para-hydroxylation sites is 1. The van der Waals surface area contributed by atoms with Gasteiger partial charge in [0.05, 0.1) is 10.6 Å². The molecule has 4 rings (SSSR count). The lowest BCUT2D eigenvalue weighted by atomic mass is 10.1. The highest BCUT2D eigenvalue weighted by Gasteiger charge is 2.27. The SMILES string of the molecule is O=C(c1ccc(N2CCCCC2)c([N+](=O)[O-])c1)N1CCCSc2ccccc21. The van der Waals surface area contributed by atoms with E-state index in [0.29, 0.717) is 17.8 Å². The highest BCUT2D eigenvalue weighted by molar-refractivity contribution is 7.99. The largest absolute Gasteiger partial charge is 0.366 e. The standard InChI is InChI=1S/C21H23N3O3S/c25-21(23-13-6-14-28-20-8-3-2-7-18(20)23)16-9-10-17(19(15-16)24(26)27)22-11-4-1-5-12-22/h2-3,7-10,15H,1,4-6,11-14H2. The van der Waals surface area contributed by atoms with Crippen LogP contribution in [-0.2, 0) is 0 Å². The Kier molecular flexibility index (Phi) is 5.52. The fourth-order valence-corrected chi connectivity index (χ4v) is 4.89. The van der Waals surface area contributed by atoms with Crippen LogP contribution >= 0.6 is 11.8 Å². The van der Waals surface area contributed by atoms with Crippen molar-refractivity contribution in [3.05, 3.63) is 58.1 Å². The molecule has 0 aromatic heterocycles. The second-order valence-electron chi connectivity index (χ2n) is 7.13. The van der Waals surface area contributed by atoms with Crippen molar-refractivity contribution in [3.8, 4) is 0 Å². The Hall–Kier alpha value is -2.54. The molecule has 0 unspecified atom stereocenters. The van der Waals surface area contributed by atoms with E-state index < -0.39 is 0 Å². The molecule has 1 saturated heterocycles. The first-order valence-corrected chi connectivity index (χ1v) is 10.7. The summed E-state index contributed by atoms with van der Waals surface area (Å²) in [4.78, 5) is 29.5. The van der Waals surface area contributed by atoms with Crippen molar-refractivity contribution < 1.29 is 9.72 Å². The fraction of sp³-hybridized carbons (Fsp3) is 0.381. The lowest BCUT2D eigenvalue weighted by Gasteiger charge is -2.28. The molecule has 0 spiro atoms. The van der Waals surface area contributed by atoms with Crippen LogP contribution in [0.1, 0.15) is 36.0 Å². The minimum Gasteiger partial charge on any atom is -0.366 e. The summed E-state index contributed by atoms with van der Waals surface area (Å²) in [5.41, 5.74) is 1.89. The number of piperidine rings is 1. The Morgan fingerprint density at radius 3 is 2.54 bits per heavy atom. The highest BCUT2D eigenvalue weighted by atomic mass is 32.2. The summed E-state index contributed by atoms with van der Waals surface area (Å²) in [5, 5.41) is 11.7. The van der Waals surface area contributed by atoms with Gasteiger partial charge >= 0.3 is 0 Å². The van der Waals surface area contributed by atoms with Crippen LogP contribution in [-0.4, -0.2) is 36.2 Å². The maximum absolute atomic E-state index is 13.3. The summed E-state index contributed by atoms with van der Waals surface area (Å²) in [6.07, 6.45) is 4.13. The number of nitro groups is 1. The molecule has 1 amide bonds. The van der Waals surface area contributed by atoms with Gasteiger partial charge in [-0.2, -0.15) is 0 Å². The lowest BCUT2D eigenvalue weighted by molar-refractivity contribution is -0.384. The van der Waals surface area contributed by atoms with Crippen molar-refractivity contribution >= 4 is 34.7 Å². The van der Waals surface area contributed by atoms with Crippen LogP contribution in [0.15, 0.2) is 47.4 Å². The summed E-state index contributed by atoms with van der Waals surface area (Å²) in [7, 11) is 0. The maximum Gasteiger partial charge on any atom is 0.293 e. The number of hydrogen-bond acceptors (Lipinski definition) is 5. The van der Waals surface area contributed by atoms with E-state index in [0.717, 1.165) is 55.1 Å². The number of benzene rings is 2. The number of fused-ring (bicyclic) bond motifs is 1. The Morgan fingerprint density at radius 2 is 1.75 bits per heavy atom. The number of carbonyl (C=O) groups excluding carboxylic acids is 1. The highest BCUT2D eigenvalue weighted by Crippen LogP contribution is 2.36. The molecule has 2 aromatic rings. The molecule has 146 valence electrons. The van der Waals surface area contributed by atoms with Gasteiger partial charge in [0, 0.05) is 36.2 Å². The van der Waals surface area contributed by atoms with Gasteiger partial charge in [0.1, 0.15) is 5.69 Å². The molecule has 0 aliphatic carbocycles. The molecular weight excluding hydrogens is 374 g/mol. The number of rotatable bonds is 3. The average Bonchev–Trinajstić information content (AvgIpc) is 2.96. The van der Waals surface area contributed by atoms with Crippen LogP contribution in [0.4, 0.5) is 17.1 Å². The van der Waals surface area contributed by atoms with E-state index in [1.165, 1.54) is 6.07 Å². The Morgan fingerprint density at radius 1 is 0.964 bits per heavy atom. The maximum atomic E-state index is 13.3. The third kappa shape index (κ3) is 3.71. The predicted octanol–water partition coefficient (Wildman–Crippen LogP) is 4.73. The zero-order chi connectivity index (χ0) is 19.5. The summed E-state index contributed by atoms with van der Waals surface area (Å²) in [6, 6.07) is 12.8. The molecule has 2 aromatic carbocycles. The van der Waals surface area contributed by atoms with Crippen molar-refractivity contribution in [1.29, 1.82) is 0 Å². The van der Waals surface area contributed by atoms with Crippen molar-refractivity contribution in [3.63, 3.8) is 0 Å². The number of nitrogens with zero attached hydrogens (tertiary/aromatic N) is 3. The van der Waals surface area contributed by atoms with Gasteiger partial charge in [0.2, 0.25) is 0 Å². The Labute approximate surface area is 168 Å². The summed E-state index contributed by atoms with van der Waals surface area (Å²) < 4.78 is 0. The van der Waals surface area contributed by atoms with Gasteiger partial charge in [0.15, 0.2) is 0 Å². The first-order valence-electron chi connectivity index (χ1n) is 9.72. The van der Waals surface area contributed by atoms with Gasteiger partial charge in [-0.15, -0.1) is 11.8 Å². The molecule has 0 radical (unpaired) electrons. The quantitative estimate of drug-likeness (QED) is 0.553. The zero-order valence-electron chi connectivity index (χ0n) is 15.7. The van der Waals surface area contributed by atoms with E-state index in [9.17, 15) is 14.9 Å². The number of hydrogen-bond donors (Lipinski definition) is 0. The average molecular weight is 398 g/mol. The van der Waals surface area contributed by atoms with E-state index in [-0.39, 0.29) is 16.5 Å². The molecule has 2 heterocycles. The van der Waals surface area contributed by atoms with Crippen molar-refractivity contribution in [2.75, 3.05) is 35.2 Å². The third-order valence-electron chi connectivity index (χ3n) is 5.30. The van der Waals surface area contributed by atoms with Crippen molar-refractivity contribution in [2.24, 2.45) is 0 Å². The monoisotopic (exact) mass is 397 g/mol. The van der Waals surface area contributed by atoms with Crippen molar-refractivity contribution in [2.45, 2.75) is 30.6 Å². The molecule has 1 fully saturated rings. The molecule has 0 N–H and O–H groups in total. The van der Waals surface area contributed by atoms with E-state index in [4.69, 9.17) is 0 Å². The lowest BCUT2D eigenvalue weighted by Crippen LogP contribution is -2.32. The van der Waals surface area contributed by atoms with E-state index in [1.807, 2.05) is 24.3 Å². The van der Waals surface area contributed by atoms with Crippen LogP contribution in [0.2, 0.25) is 0 Å². The predicted molar refractivity (Wildman–Crippen MR) is 113 cm³/mol. The van der Waals surface area contributed by atoms with Gasteiger partial charge in [-0.05, 0) is 55.7 Å². The van der Waals surface area contributed by atoms with Gasteiger partial charge < -0.3 is 9.80 Å². The van der Waals surface area contributed by atoms with E-state index in [1.54, 1.807) is 28.8 Å². The van der Waals surface area contributed by atoms with E-state index in [2.05, 4.69) is 4.90 Å². The molecular formula is C21H23N3O3S. The normalized spacial score (nSPS) is 17.0. The minimum atomic E-state index is -0.368. The summed E-state index contributed by atoms with van der Waals surface area (Å²) in [5.74, 6) is 0.776. The van der Waals surface area contributed by atoms with Crippen LogP contribution in [0.5, 0.6) is 0 Å². The molecule has 7 heteroatoms. The van der Waals surface area contributed by atoms with Gasteiger partial charge in [-0.25, -0.2) is 0 Å². The molecule has 0 atom stereocenters. The first-order chi connectivity index (χ1) is 13.6. The zero-order valence-corrected chi connectivity index (χ0v) is 16.5. The Bertz CT molecular complexity index is 896. The molecule has 0 bridgehead atoms.